The van der Waals surface area contributed by atoms with Gasteiger partial charge in [0.1, 0.15) is 12.4 Å². The van der Waals surface area contributed by atoms with Crippen LogP contribution in [-0.4, -0.2) is 45.5 Å². The summed E-state index contributed by atoms with van der Waals surface area (Å²) in [5, 5.41) is 2.44. The van der Waals surface area contributed by atoms with Crippen molar-refractivity contribution in [2.45, 2.75) is 12.6 Å². The lowest BCUT2D eigenvalue weighted by Crippen LogP contribution is -2.36. The molecule has 1 aliphatic heterocycles. The highest BCUT2D eigenvalue weighted by molar-refractivity contribution is 5.97. The van der Waals surface area contributed by atoms with Crippen molar-refractivity contribution in [3.63, 3.8) is 0 Å². The number of halogens is 4. The number of carbonyl (C=O) groups excluding carboxylic acids is 2. The number of imidazole rings is 1. The van der Waals surface area contributed by atoms with E-state index in [0.717, 1.165) is 6.07 Å². The first-order valence-corrected chi connectivity index (χ1v) is 7.66. The maximum absolute atomic E-state index is 14.2. The zero-order chi connectivity index (χ0) is 18.9. The Labute approximate surface area is 145 Å². The number of nitrogens with zero attached hydrogens (tertiary/aromatic N) is 3. The molecule has 1 aromatic carbocycles. The van der Waals surface area contributed by atoms with Gasteiger partial charge in [-0.05, 0) is 18.2 Å². The van der Waals surface area contributed by atoms with Gasteiger partial charge in [0.25, 0.3) is 0 Å². The maximum atomic E-state index is 14.2. The Hall–Kier alpha value is -2.91. The Bertz CT molecular complexity index is 820. The first-order chi connectivity index (χ1) is 12.2. The van der Waals surface area contributed by atoms with E-state index in [-0.39, 0.29) is 24.3 Å². The lowest BCUT2D eigenvalue weighted by molar-refractivity contribution is -0.157. The molecule has 138 valence electrons. The number of hydrogen-bond donors (Lipinski definition) is 1. The molecule has 0 aliphatic carbocycles. The molecule has 2 amide bonds. The van der Waals surface area contributed by atoms with Crippen LogP contribution < -0.4 is 5.32 Å². The zero-order valence-corrected chi connectivity index (χ0v) is 13.3. The number of hydrogen-bond acceptors (Lipinski definition) is 3. The molecular formula is C16H14F4N4O2. The molecule has 3 rings (SSSR count). The average molecular weight is 370 g/mol. The highest BCUT2D eigenvalue weighted by atomic mass is 19.4. The molecule has 0 radical (unpaired) electrons. The molecule has 2 aromatic rings. The average Bonchev–Trinajstić information content (AvgIpc) is 3.17. The van der Waals surface area contributed by atoms with Crippen LogP contribution in [-0.2, 0) is 9.59 Å². The molecule has 0 bridgehead atoms. The van der Waals surface area contributed by atoms with E-state index in [4.69, 9.17) is 0 Å². The van der Waals surface area contributed by atoms with Gasteiger partial charge in [0, 0.05) is 31.0 Å². The van der Waals surface area contributed by atoms with Crippen LogP contribution in [0.2, 0.25) is 0 Å². The topological polar surface area (TPSA) is 67.2 Å². The van der Waals surface area contributed by atoms with Crippen molar-refractivity contribution in [3.8, 4) is 5.69 Å². The van der Waals surface area contributed by atoms with Crippen LogP contribution >= 0.6 is 0 Å². The lowest BCUT2D eigenvalue weighted by atomic mass is 10.1. The summed E-state index contributed by atoms with van der Waals surface area (Å²) in [6.07, 6.45) is -0.379. The Morgan fingerprint density at radius 1 is 1.35 bits per heavy atom. The number of aromatic nitrogens is 2. The fraction of sp³-hybridized carbons (Fsp3) is 0.312. The second kappa shape index (κ2) is 6.77. The summed E-state index contributed by atoms with van der Waals surface area (Å²) in [4.78, 5) is 28.2. The standard InChI is InChI=1S/C16H14F4N4O2/c17-12-6-11(1-2-13(12)23-4-3-21-9-23)22-15(26)10-5-14(25)24(7-10)8-16(18,19)20/h1-4,6,9-10H,5,7-8H2,(H,22,26). The Morgan fingerprint density at radius 2 is 2.12 bits per heavy atom. The molecule has 0 spiro atoms. The number of rotatable bonds is 4. The minimum absolute atomic E-state index is 0.151. The highest BCUT2D eigenvalue weighted by Gasteiger charge is 2.40. The first-order valence-electron chi connectivity index (χ1n) is 7.66. The number of carbonyl (C=O) groups is 2. The molecule has 1 fully saturated rings. The van der Waals surface area contributed by atoms with E-state index in [2.05, 4.69) is 10.3 Å². The van der Waals surface area contributed by atoms with Crippen LogP contribution in [0.1, 0.15) is 6.42 Å². The van der Waals surface area contributed by atoms with Gasteiger partial charge in [-0.3, -0.25) is 9.59 Å². The van der Waals surface area contributed by atoms with Gasteiger partial charge in [-0.15, -0.1) is 0 Å². The number of alkyl halides is 3. The first kappa shape index (κ1) is 17.9. The van der Waals surface area contributed by atoms with Gasteiger partial charge in [0.2, 0.25) is 11.8 Å². The summed E-state index contributed by atoms with van der Waals surface area (Å²) < 4.78 is 52.8. The molecule has 1 unspecified atom stereocenters. The number of amides is 2. The third-order valence-corrected chi connectivity index (χ3v) is 3.95. The quantitative estimate of drug-likeness (QED) is 0.841. The van der Waals surface area contributed by atoms with Crippen molar-refractivity contribution < 1.29 is 27.2 Å². The number of likely N-dealkylation sites (tertiary alicyclic amines) is 1. The van der Waals surface area contributed by atoms with E-state index in [1.165, 1.54) is 29.2 Å². The molecule has 2 heterocycles. The number of nitrogens with one attached hydrogen (secondary N) is 1. The van der Waals surface area contributed by atoms with Crippen LogP contribution in [0.15, 0.2) is 36.9 Å². The minimum atomic E-state index is -4.52. The summed E-state index contributed by atoms with van der Waals surface area (Å²) in [5.41, 5.74) is 0.381. The van der Waals surface area contributed by atoms with Crippen LogP contribution in [0.3, 0.4) is 0 Å². The van der Waals surface area contributed by atoms with Crippen molar-refractivity contribution in [2.24, 2.45) is 5.92 Å². The van der Waals surface area contributed by atoms with E-state index in [1.807, 2.05) is 0 Å². The summed E-state index contributed by atoms with van der Waals surface area (Å²) in [6, 6.07) is 3.99. The van der Waals surface area contributed by atoms with Gasteiger partial charge in [-0.1, -0.05) is 0 Å². The third-order valence-electron chi connectivity index (χ3n) is 3.95. The minimum Gasteiger partial charge on any atom is -0.333 e. The third kappa shape index (κ3) is 4.01. The van der Waals surface area contributed by atoms with Gasteiger partial charge in [0.15, 0.2) is 0 Å². The molecule has 0 saturated carbocycles. The van der Waals surface area contributed by atoms with Gasteiger partial charge in [-0.25, -0.2) is 9.37 Å². The summed E-state index contributed by atoms with van der Waals surface area (Å²) in [6.45, 7) is -1.70. The molecule has 1 atom stereocenters. The van der Waals surface area contributed by atoms with Crippen LogP contribution in [0.5, 0.6) is 0 Å². The SMILES string of the molecule is O=C(Nc1ccc(-n2ccnc2)c(F)c1)C1CC(=O)N(CC(F)(F)F)C1. The predicted molar refractivity (Wildman–Crippen MR) is 82.9 cm³/mol. The molecule has 26 heavy (non-hydrogen) atoms. The van der Waals surface area contributed by atoms with Crippen molar-refractivity contribution >= 4 is 17.5 Å². The fourth-order valence-corrected chi connectivity index (χ4v) is 2.76. The smallest absolute Gasteiger partial charge is 0.333 e. The van der Waals surface area contributed by atoms with Gasteiger partial charge in [0.05, 0.1) is 17.9 Å². The lowest BCUT2D eigenvalue weighted by Gasteiger charge is -2.18. The number of benzene rings is 1. The van der Waals surface area contributed by atoms with E-state index < -0.39 is 36.3 Å². The van der Waals surface area contributed by atoms with Crippen LogP contribution in [0.25, 0.3) is 5.69 Å². The molecule has 1 N–H and O–H groups in total. The van der Waals surface area contributed by atoms with E-state index in [9.17, 15) is 27.2 Å². The molecule has 1 aromatic heterocycles. The van der Waals surface area contributed by atoms with E-state index in [1.54, 1.807) is 6.20 Å². The molecular weight excluding hydrogens is 356 g/mol. The monoisotopic (exact) mass is 370 g/mol. The van der Waals surface area contributed by atoms with Crippen molar-refractivity contribution in [1.82, 2.24) is 14.5 Å². The fourth-order valence-electron chi connectivity index (χ4n) is 2.76. The Kier molecular flexibility index (Phi) is 4.66. The van der Waals surface area contributed by atoms with Gasteiger partial charge < -0.3 is 14.8 Å². The van der Waals surface area contributed by atoms with Crippen molar-refractivity contribution in [3.05, 3.63) is 42.7 Å². The van der Waals surface area contributed by atoms with Gasteiger partial charge in [-0.2, -0.15) is 13.2 Å². The molecule has 1 saturated heterocycles. The summed E-state index contributed by atoms with van der Waals surface area (Å²) >= 11 is 0. The normalized spacial score (nSPS) is 17.6. The number of anilines is 1. The Balaban J connectivity index is 1.65. The van der Waals surface area contributed by atoms with Crippen molar-refractivity contribution in [1.29, 1.82) is 0 Å². The summed E-state index contributed by atoms with van der Waals surface area (Å²) in [7, 11) is 0. The molecule has 10 heteroatoms. The van der Waals surface area contributed by atoms with E-state index in [0.29, 0.717) is 4.90 Å². The second-order valence-electron chi connectivity index (χ2n) is 5.92. The molecule has 1 aliphatic rings. The highest BCUT2D eigenvalue weighted by Crippen LogP contribution is 2.25. The molecule has 6 nitrogen and oxygen atoms in total. The van der Waals surface area contributed by atoms with Crippen molar-refractivity contribution in [2.75, 3.05) is 18.4 Å². The predicted octanol–water partition coefficient (Wildman–Crippen LogP) is 2.36. The van der Waals surface area contributed by atoms with E-state index >= 15 is 0 Å². The Morgan fingerprint density at radius 3 is 2.73 bits per heavy atom. The van der Waals surface area contributed by atoms with Gasteiger partial charge >= 0.3 is 6.18 Å². The summed E-state index contributed by atoms with van der Waals surface area (Å²) in [5.74, 6) is -2.88. The van der Waals surface area contributed by atoms with Crippen LogP contribution in [0, 0.1) is 11.7 Å². The second-order valence-corrected chi connectivity index (χ2v) is 5.92. The maximum Gasteiger partial charge on any atom is 0.406 e. The largest absolute Gasteiger partial charge is 0.406 e. The van der Waals surface area contributed by atoms with Crippen LogP contribution in [0.4, 0.5) is 23.2 Å². The zero-order valence-electron chi connectivity index (χ0n) is 13.3.